The van der Waals surface area contributed by atoms with Crippen molar-refractivity contribution in [3.63, 3.8) is 0 Å². The maximum Gasteiger partial charge on any atom is 0.233 e. The summed E-state index contributed by atoms with van der Waals surface area (Å²) in [7, 11) is 0. The number of primary amides is 2. The first kappa shape index (κ1) is 12.2. The molecule has 1 aromatic rings. The molecule has 0 spiro atoms. The molecule has 0 bridgehead atoms. The molecule has 1 aromatic carbocycles. The van der Waals surface area contributed by atoms with Crippen LogP contribution in [0.1, 0.15) is 18.1 Å². The van der Waals surface area contributed by atoms with E-state index in [1.54, 1.807) is 0 Å². The number of benzene rings is 1. The molecule has 0 saturated heterocycles. The van der Waals surface area contributed by atoms with Crippen LogP contribution in [0.15, 0.2) is 24.3 Å². The summed E-state index contributed by atoms with van der Waals surface area (Å²) in [4.78, 5) is 22.5. The number of carbonyl (C=O) groups excluding carboxylic acids is 2. The minimum absolute atomic E-state index is 0.234. The summed E-state index contributed by atoms with van der Waals surface area (Å²) in [5, 5.41) is 0. The number of nitrogens with two attached hydrogens (primary N) is 2. The Labute approximate surface area is 94.6 Å². The molecule has 2 amide bonds. The fourth-order valence-corrected chi connectivity index (χ4v) is 1.41. The first-order chi connectivity index (χ1) is 7.36. The van der Waals surface area contributed by atoms with Gasteiger partial charge in [0.05, 0.1) is 0 Å². The van der Waals surface area contributed by atoms with Crippen molar-refractivity contribution in [2.45, 2.75) is 20.3 Å². The molecule has 0 unspecified atom stereocenters. The van der Waals surface area contributed by atoms with Crippen molar-refractivity contribution < 1.29 is 9.59 Å². The van der Waals surface area contributed by atoms with E-state index in [1.165, 1.54) is 6.92 Å². The van der Waals surface area contributed by atoms with Gasteiger partial charge >= 0.3 is 0 Å². The van der Waals surface area contributed by atoms with Crippen LogP contribution >= 0.6 is 0 Å². The summed E-state index contributed by atoms with van der Waals surface area (Å²) in [5.41, 5.74) is 11.1. The van der Waals surface area contributed by atoms with Crippen LogP contribution in [0, 0.1) is 12.3 Å². The SMILES string of the molecule is Cc1ccc(CC(C)(C(N)=O)C(N)=O)cc1. The maximum atomic E-state index is 11.3. The van der Waals surface area contributed by atoms with Gasteiger partial charge in [-0.3, -0.25) is 9.59 Å². The molecule has 0 aliphatic rings. The second-order valence-corrected chi connectivity index (χ2v) is 4.22. The monoisotopic (exact) mass is 220 g/mol. The van der Waals surface area contributed by atoms with E-state index in [2.05, 4.69) is 0 Å². The topological polar surface area (TPSA) is 86.2 Å². The Kier molecular flexibility index (Phi) is 3.32. The van der Waals surface area contributed by atoms with E-state index in [-0.39, 0.29) is 6.42 Å². The fourth-order valence-electron chi connectivity index (χ4n) is 1.41. The molecule has 0 aliphatic carbocycles. The zero-order valence-electron chi connectivity index (χ0n) is 9.49. The highest BCUT2D eigenvalue weighted by molar-refractivity contribution is 6.03. The Hall–Kier alpha value is -1.84. The number of hydrogen-bond donors (Lipinski definition) is 2. The second-order valence-electron chi connectivity index (χ2n) is 4.22. The summed E-state index contributed by atoms with van der Waals surface area (Å²) in [5.74, 6) is -1.39. The maximum absolute atomic E-state index is 11.3. The normalized spacial score (nSPS) is 11.1. The molecule has 4 N–H and O–H groups in total. The van der Waals surface area contributed by atoms with Gasteiger partial charge in [-0.15, -0.1) is 0 Å². The van der Waals surface area contributed by atoms with Crippen molar-refractivity contribution in [3.8, 4) is 0 Å². The lowest BCUT2D eigenvalue weighted by Crippen LogP contribution is -2.46. The third-order valence-corrected chi connectivity index (χ3v) is 2.77. The van der Waals surface area contributed by atoms with Crippen LogP contribution in [0.25, 0.3) is 0 Å². The van der Waals surface area contributed by atoms with Gasteiger partial charge < -0.3 is 11.5 Å². The van der Waals surface area contributed by atoms with Crippen molar-refractivity contribution in [1.29, 1.82) is 0 Å². The van der Waals surface area contributed by atoms with Crippen molar-refractivity contribution in [2.75, 3.05) is 0 Å². The van der Waals surface area contributed by atoms with E-state index >= 15 is 0 Å². The molecule has 86 valence electrons. The molecule has 0 aromatic heterocycles. The third-order valence-electron chi connectivity index (χ3n) is 2.77. The Balaban J connectivity index is 2.97. The van der Waals surface area contributed by atoms with Gasteiger partial charge in [0.15, 0.2) is 0 Å². The zero-order valence-corrected chi connectivity index (χ0v) is 9.49. The van der Waals surface area contributed by atoms with Crippen molar-refractivity contribution in [3.05, 3.63) is 35.4 Å². The summed E-state index contributed by atoms with van der Waals surface area (Å²) in [6, 6.07) is 7.55. The molecule has 0 aliphatic heterocycles. The Morgan fingerprint density at radius 2 is 1.56 bits per heavy atom. The predicted octanol–water partition coefficient (Wildman–Crippen LogP) is 0.514. The molecule has 0 atom stereocenters. The predicted molar refractivity (Wildman–Crippen MR) is 61.4 cm³/mol. The van der Waals surface area contributed by atoms with Gasteiger partial charge in [-0.25, -0.2) is 0 Å². The molecule has 16 heavy (non-hydrogen) atoms. The second kappa shape index (κ2) is 4.35. The quantitative estimate of drug-likeness (QED) is 0.724. The van der Waals surface area contributed by atoms with Gasteiger partial charge in [-0.1, -0.05) is 29.8 Å². The standard InChI is InChI=1S/C12H16N2O2/c1-8-3-5-9(6-4-8)7-12(2,10(13)15)11(14)16/h3-6H,7H2,1-2H3,(H2,13,15)(H2,14,16). The molecule has 4 nitrogen and oxygen atoms in total. The van der Waals surface area contributed by atoms with E-state index in [1.807, 2.05) is 31.2 Å². The summed E-state index contributed by atoms with van der Waals surface area (Å²) in [6.07, 6.45) is 0.234. The van der Waals surface area contributed by atoms with Crippen molar-refractivity contribution in [2.24, 2.45) is 16.9 Å². The van der Waals surface area contributed by atoms with E-state index in [4.69, 9.17) is 11.5 Å². The highest BCUT2D eigenvalue weighted by Gasteiger charge is 2.37. The van der Waals surface area contributed by atoms with E-state index in [0.29, 0.717) is 0 Å². The smallest absolute Gasteiger partial charge is 0.233 e. The van der Waals surface area contributed by atoms with Gasteiger partial charge in [0.1, 0.15) is 5.41 Å². The lowest BCUT2D eigenvalue weighted by molar-refractivity contribution is -0.138. The molecule has 1 rings (SSSR count). The van der Waals surface area contributed by atoms with Crippen LogP contribution in [0.3, 0.4) is 0 Å². The summed E-state index contributed by atoms with van der Waals surface area (Å²) < 4.78 is 0. The highest BCUT2D eigenvalue weighted by Crippen LogP contribution is 2.22. The number of amides is 2. The lowest BCUT2D eigenvalue weighted by Gasteiger charge is -2.22. The van der Waals surface area contributed by atoms with Crippen LogP contribution in [0.5, 0.6) is 0 Å². The van der Waals surface area contributed by atoms with Gasteiger partial charge in [0.2, 0.25) is 11.8 Å². The number of hydrogen-bond acceptors (Lipinski definition) is 2. The Morgan fingerprint density at radius 1 is 1.12 bits per heavy atom. The Bertz CT molecular complexity index is 396. The number of rotatable bonds is 4. The first-order valence-corrected chi connectivity index (χ1v) is 5.01. The number of carbonyl (C=O) groups is 2. The van der Waals surface area contributed by atoms with Crippen LogP contribution in [-0.4, -0.2) is 11.8 Å². The third kappa shape index (κ3) is 2.39. The molecular formula is C12H16N2O2. The van der Waals surface area contributed by atoms with Gasteiger partial charge in [0, 0.05) is 0 Å². The molecule has 4 heteroatoms. The number of aryl methyl sites for hydroxylation is 1. The largest absolute Gasteiger partial charge is 0.369 e. The Morgan fingerprint density at radius 3 is 1.94 bits per heavy atom. The minimum atomic E-state index is -1.32. The molecule has 0 fully saturated rings. The average molecular weight is 220 g/mol. The average Bonchev–Trinajstić information content (AvgIpc) is 2.20. The summed E-state index contributed by atoms with van der Waals surface area (Å²) >= 11 is 0. The van der Waals surface area contributed by atoms with Crippen molar-refractivity contribution in [1.82, 2.24) is 0 Å². The van der Waals surface area contributed by atoms with Crippen molar-refractivity contribution >= 4 is 11.8 Å². The first-order valence-electron chi connectivity index (χ1n) is 5.01. The van der Waals surface area contributed by atoms with Crippen LogP contribution in [0.4, 0.5) is 0 Å². The van der Waals surface area contributed by atoms with Gasteiger partial charge in [-0.2, -0.15) is 0 Å². The molecule has 0 saturated carbocycles. The molecular weight excluding hydrogens is 204 g/mol. The van der Waals surface area contributed by atoms with Gasteiger partial charge in [0.25, 0.3) is 0 Å². The minimum Gasteiger partial charge on any atom is -0.369 e. The van der Waals surface area contributed by atoms with E-state index < -0.39 is 17.2 Å². The molecule has 0 heterocycles. The summed E-state index contributed by atoms with van der Waals surface area (Å²) in [6.45, 7) is 3.43. The highest BCUT2D eigenvalue weighted by atomic mass is 16.2. The lowest BCUT2D eigenvalue weighted by atomic mass is 9.82. The molecule has 0 radical (unpaired) electrons. The van der Waals surface area contributed by atoms with E-state index in [0.717, 1.165) is 11.1 Å². The van der Waals surface area contributed by atoms with Crippen LogP contribution < -0.4 is 11.5 Å². The fraction of sp³-hybridized carbons (Fsp3) is 0.333. The van der Waals surface area contributed by atoms with E-state index in [9.17, 15) is 9.59 Å². The van der Waals surface area contributed by atoms with Crippen LogP contribution in [0.2, 0.25) is 0 Å². The van der Waals surface area contributed by atoms with Crippen LogP contribution in [-0.2, 0) is 16.0 Å². The van der Waals surface area contributed by atoms with Gasteiger partial charge in [-0.05, 0) is 25.8 Å². The zero-order chi connectivity index (χ0) is 12.3.